The average Bonchev–Trinajstić information content (AvgIpc) is 3.07. The molecule has 33 heavy (non-hydrogen) atoms. The summed E-state index contributed by atoms with van der Waals surface area (Å²) in [5.41, 5.74) is 4.23. The number of pyridine rings is 1. The number of carbonyl (C=O) groups is 2. The number of thioether (sulfide) groups is 1. The van der Waals surface area contributed by atoms with Gasteiger partial charge in [0.05, 0.1) is 17.9 Å². The third kappa shape index (κ3) is 5.64. The first-order chi connectivity index (χ1) is 15.9. The normalized spacial score (nSPS) is 16.9. The molecular weight excluding hydrogens is 439 g/mol. The van der Waals surface area contributed by atoms with Crippen molar-refractivity contribution < 1.29 is 14.0 Å². The largest absolute Gasteiger partial charge is 0.326 e. The Morgan fingerprint density at radius 3 is 2.61 bits per heavy atom. The van der Waals surface area contributed by atoms with Crippen molar-refractivity contribution in [2.45, 2.75) is 32.1 Å². The van der Waals surface area contributed by atoms with E-state index in [1.165, 1.54) is 36.0 Å². The summed E-state index contributed by atoms with van der Waals surface area (Å²) in [5, 5.41) is 2.64. The van der Waals surface area contributed by atoms with Crippen molar-refractivity contribution in [2.24, 2.45) is 4.99 Å². The number of halogens is 1. The Morgan fingerprint density at radius 2 is 1.91 bits per heavy atom. The smallest absolute Gasteiger partial charge is 0.243 e. The Balaban J connectivity index is 1.55. The zero-order valence-electron chi connectivity index (χ0n) is 18.3. The molecule has 1 unspecified atom stereocenters. The Hall–Kier alpha value is -3.52. The van der Waals surface area contributed by atoms with Crippen LogP contribution in [0.15, 0.2) is 71.9 Å². The third-order valence-corrected chi connectivity index (χ3v) is 6.46. The fraction of sp³-hybridized carbons (Fsp3) is 0.200. The van der Waals surface area contributed by atoms with E-state index in [0.29, 0.717) is 10.9 Å². The van der Waals surface area contributed by atoms with E-state index >= 15 is 0 Å². The molecule has 4 rings (SSSR count). The van der Waals surface area contributed by atoms with Crippen LogP contribution in [0.4, 0.5) is 15.8 Å². The van der Waals surface area contributed by atoms with Gasteiger partial charge in [-0.15, -0.1) is 0 Å². The predicted octanol–water partition coefficient (Wildman–Crippen LogP) is 5.00. The van der Waals surface area contributed by atoms with Gasteiger partial charge in [0.25, 0.3) is 0 Å². The van der Waals surface area contributed by atoms with Crippen molar-refractivity contribution in [1.29, 1.82) is 0 Å². The second kappa shape index (κ2) is 9.95. The number of carbonyl (C=O) groups excluding carboxylic acids is 2. The number of nitrogens with zero attached hydrogens (tertiary/aromatic N) is 3. The molecular formula is C25H23FN4O2S. The molecule has 1 atom stereocenters. The molecule has 6 nitrogen and oxygen atoms in total. The van der Waals surface area contributed by atoms with Gasteiger partial charge in [-0.05, 0) is 73.5 Å². The van der Waals surface area contributed by atoms with E-state index in [0.717, 1.165) is 22.5 Å². The molecule has 1 saturated heterocycles. The second-order valence-corrected chi connectivity index (χ2v) is 8.94. The number of rotatable bonds is 6. The minimum Gasteiger partial charge on any atom is -0.326 e. The van der Waals surface area contributed by atoms with Gasteiger partial charge in [0.2, 0.25) is 11.8 Å². The summed E-state index contributed by atoms with van der Waals surface area (Å²) in [7, 11) is 0. The molecule has 1 N–H and O–H groups in total. The molecule has 168 valence electrons. The molecule has 2 aromatic carbocycles. The van der Waals surface area contributed by atoms with Crippen LogP contribution in [-0.4, -0.2) is 32.1 Å². The van der Waals surface area contributed by atoms with Crippen LogP contribution < -0.4 is 5.32 Å². The zero-order chi connectivity index (χ0) is 23.4. The molecule has 0 aliphatic carbocycles. The Bertz CT molecular complexity index is 1200. The van der Waals surface area contributed by atoms with Gasteiger partial charge in [-0.1, -0.05) is 23.9 Å². The maximum Gasteiger partial charge on any atom is 0.243 e. The van der Waals surface area contributed by atoms with Gasteiger partial charge in [0, 0.05) is 18.3 Å². The number of nitrogens with one attached hydrogen (secondary N) is 1. The van der Waals surface area contributed by atoms with Crippen molar-refractivity contribution in [3.05, 3.63) is 89.5 Å². The SMILES string of the molecule is Cc1ccc(N=C2SC(CC(=O)Nc3ccc(F)cc3)C(=O)N2Cc2ccccn2)cc1C. The minimum atomic E-state index is -0.612. The standard InChI is InChI=1S/C25H23FN4O2S/c1-16-6-9-20(13-17(16)2)29-25-30(15-21-5-3-4-12-27-21)24(32)22(33-25)14-23(31)28-19-10-7-18(26)8-11-19/h3-13,22H,14-15H2,1-2H3,(H,28,31). The highest BCUT2D eigenvalue weighted by molar-refractivity contribution is 8.15. The number of aliphatic imine (C=N–C) groups is 1. The number of amides is 2. The first kappa shape index (κ1) is 22.7. The number of amidine groups is 1. The fourth-order valence-corrected chi connectivity index (χ4v) is 4.50. The number of aryl methyl sites for hydroxylation is 2. The van der Waals surface area contributed by atoms with Crippen LogP contribution in [0.2, 0.25) is 0 Å². The topological polar surface area (TPSA) is 74.7 Å². The van der Waals surface area contributed by atoms with Crippen LogP contribution in [-0.2, 0) is 16.1 Å². The van der Waals surface area contributed by atoms with Crippen LogP contribution >= 0.6 is 11.8 Å². The van der Waals surface area contributed by atoms with Crippen molar-refractivity contribution in [1.82, 2.24) is 9.88 Å². The van der Waals surface area contributed by atoms with Gasteiger partial charge < -0.3 is 5.32 Å². The van der Waals surface area contributed by atoms with Gasteiger partial charge in [-0.3, -0.25) is 19.5 Å². The van der Waals surface area contributed by atoms with Crippen molar-refractivity contribution in [3.63, 3.8) is 0 Å². The highest BCUT2D eigenvalue weighted by atomic mass is 32.2. The van der Waals surface area contributed by atoms with Crippen LogP contribution in [0.3, 0.4) is 0 Å². The van der Waals surface area contributed by atoms with Gasteiger partial charge in [-0.2, -0.15) is 0 Å². The second-order valence-electron chi connectivity index (χ2n) is 7.77. The Morgan fingerprint density at radius 1 is 1.12 bits per heavy atom. The van der Waals surface area contributed by atoms with E-state index < -0.39 is 5.25 Å². The predicted molar refractivity (Wildman–Crippen MR) is 129 cm³/mol. The molecule has 2 heterocycles. The summed E-state index contributed by atoms with van der Waals surface area (Å²) in [4.78, 5) is 36.4. The molecule has 3 aromatic rings. The Labute approximate surface area is 195 Å². The summed E-state index contributed by atoms with van der Waals surface area (Å²) in [6.45, 7) is 4.32. The molecule has 1 aliphatic heterocycles. The molecule has 0 bridgehead atoms. The molecule has 1 aromatic heterocycles. The first-order valence-corrected chi connectivity index (χ1v) is 11.4. The maximum absolute atomic E-state index is 13.2. The molecule has 1 fully saturated rings. The lowest BCUT2D eigenvalue weighted by Gasteiger charge is -2.16. The van der Waals surface area contributed by atoms with Crippen molar-refractivity contribution in [2.75, 3.05) is 5.32 Å². The monoisotopic (exact) mass is 462 g/mol. The maximum atomic E-state index is 13.2. The number of hydrogen-bond acceptors (Lipinski definition) is 5. The molecule has 2 amide bonds. The first-order valence-electron chi connectivity index (χ1n) is 10.5. The van der Waals surface area contributed by atoms with E-state index in [4.69, 9.17) is 4.99 Å². The van der Waals surface area contributed by atoms with Crippen molar-refractivity contribution in [3.8, 4) is 0 Å². The van der Waals surface area contributed by atoms with Crippen LogP contribution in [0.5, 0.6) is 0 Å². The summed E-state index contributed by atoms with van der Waals surface area (Å²) in [6, 6.07) is 16.9. The number of anilines is 1. The zero-order valence-corrected chi connectivity index (χ0v) is 19.1. The van der Waals surface area contributed by atoms with E-state index in [-0.39, 0.29) is 30.6 Å². The summed E-state index contributed by atoms with van der Waals surface area (Å²) in [6.07, 6.45) is 1.66. The van der Waals surface area contributed by atoms with E-state index in [9.17, 15) is 14.0 Å². The van der Waals surface area contributed by atoms with Gasteiger partial charge in [0.1, 0.15) is 11.1 Å². The van der Waals surface area contributed by atoms with E-state index in [1.807, 2.05) is 50.2 Å². The summed E-state index contributed by atoms with van der Waals surface area (Å²) in [5.74, 6) is -0.896. The molecule has 0 radical (unpaired) electrons. The quantitative estimate of drug-likeness (QED) is 0.560. The molecule has 8 heteroatoms. The lowest BCUT2D eigenvalue weighted by Crippen LogP contribution is -2.33. The van der Waals surface area contributed by atoms with Gasteiger partial charge >= 0.3 is 0 Å². The van der Waals surface area contributed by atoms with Gasteiger partial charge in [0.15, 0.2) is 5.17 Å². The van der Waals surface area contributed by atoms with Crippen LogP contribution in [0.1, 0.15) is 23.2 Å². The third-order valence-electron chi connectivity index (χ3n) is 5.28. The molecule has 1 aliphatic rings. The lowest BCUT2D eigenvalue weighted by atomic mass is 10.1. The fourth-order valence-electron chi connectivity index (χ4n) is 3.34. The average molecular weight is 463 g/mol. The lowest BCUT2D eigenvalue weighted by molar-refractivity contribution is -0.128. The molecule has 0 spiro atoms. The van der Waals surface area contributed by atoms with Gasteiger partial charge in [-0.25, -0.2) is 9.38 Å². The minimum absolute atomic E-state index is 0.0223. The highest BCUT2D eigenvalue weighted by Gasteiger charge is 2.39. The Kier molecular flexibility index (Phi) is 6.84. The number of aromatic nitrogens is 1. The van der Waals surface area contributed by atoms with E-state index in [2.05, 4.69) is 10.3 Å². The van der Waals surface area contributed by atoms with E-state index in [1.54, 1.807) is 11.1 Å². The van der Waals surface area contributed by atoms with Crippen molar-refractivity contribution >= 4 is 40.1 Å². The summed E-state index contributed by atoms with van der Waals surface area (Å²) >= 11 is 1.27. The van der Waals surface area contributed by atoms with Crippen LogP contribution in [0.25, 0.3) is 0 Å². The highest BCUT2D eigenvalue weighted by Crippen LogP contribution is 2.33. The number of benzene rings is 2. The summed E-state index contributed by atoms with van der Waals surface area (Å²) < 4.78 is 13.1. The molecule has 0 saturated carbocycles. The number of hydrogen-bond donors (Lipinski definition) is 1. The van der Waals surface area contributed by atoms with Crippen LogP contribution in [0, 0.1) is 19.7 Å².